The van der Waals surface area contributed by atoms with Gasteiger partial charge in [-0.25, -0.2) is 0 Å². The molecule has 3 nitrogen and oxygen atoms in total. The molecule has 0 spiro atoms. The number of ether oxygens (including phenoxy) is 1. The highest BCUT2D eigenvalue weighted by atomic mass is 35.5. The fraction of sp³-hybridized carbons (Fsp3) is 0.533. The Labute approximate surface area is 119 Å². The van der Waals surface area contributed by atoms with Gasteiger partial charge in [0.05, 0.1) is 0 Å². The topological polar surface area (TPSA) is 38.3 Å². The lowest BCUT2D eigenvalue weighted by atomic mass is 10.1. The number of nitrogens with one attached hydrogen (secondary N) is 1. The van der Waals surface area contributed by atoms with Crippen molar-refractivity contribution >= 4 is 17.5 Å². The summed E-state index contributed by atoms with van der Waals surface area (Å²) < 4.78 is 5.62. The minimum Gasteiger partial charge on any atom is -0.483 e. The second-order valence-corrected chi connectivity index (χ2v) is 5.64. The van der Waals surface area contributed by atoms with Gasteiger partial charge in [0, 0.05) is 11.1 Å². The average Bonchev–Trinajstić information content (AvgIpc) is 2.80. The molecule has 4 heteroatoms. The first kappa shape index (κ1) is 14.2. The number of hydrogen-bond donors (Lipinski definition) is 1. The summed E-state index contributed by atoms with van der Waals surface area (Å²) >= 11 is 5.96. The molecule has 19 heavy (non-hydrogen) atoms. The van der Waals surface area contributed by atoms with Gasteiger partial charge >= 0.3 is 0 Å². The Balaban J connectivity index is 1.89. The summed E-state index contributed by atoms with van der Waals surface area (Å²) in [7, 11) is 0. The highest BCUT2D eigenvalue weighted by Gasteiger charge is 2.17. The van der Waals surface area contributed by atoms with E-state index in [-0.39, 0.29) is 12.5 Å². The molecule has 104 valence electrons. The van der Waals surface area contributed by atoms with E-state index in [1.54, 1.807) is 0 Å². The Bertz CT molecular complexity index is 444. The zero-order valence-electron chi connectivity index (χ0n) is 11.5. The van der Waals surface area contributed by atoms with Crippen molar-refractivity contribution in [3.05, 3.63) is 28.3 Å². The molecule has 0 radical (unpaired) electrons. The lowest BCUT2D eigenvalue weighted by molar-refractivity contribution is -0.123. The zero-order chi connectivity index (χ0) is 13.8. The molecule has 1 amide bonds. The minimum absolute atomic E-state index is 0.0411. The molecule has 0 atom stereocenters. The van der Waals surface area contributed by atoms with E-state index in [0.717, 1.165) is 29.7 Å². The van der Waals surface area contributed by atoms with Gasteiger partial charge in [-0.1, -0.05) is 24.4 Å². The summed E-state index contributed by atoms with van der Waals surface area (Å²) in [6, 6.07) is 4.03. The SMILES string of the molecule is Cc1cc(Cl)cc(C)c1OCC(=O)NC1CCCC1. The second-order valence-electron chi connectivity index (χ2n) is 5.21. The molecule has 1 aromatic rings. The number of hydrogen-bond acceptors (Lipinski definition) is 2. The maximum Gasteiger partial charge on any atom is 0.258 e. The van der Waals surface area contributed by atoms with Gasteiger partial charge in [-0.3, -0.25) is 4.79 Å². The number of benzene rings is 1. The molecule has 0 aromatic heterocycles. The maximum atomic E-state index is 11.8. The number of rotatable bonds is 4. The van der Waals surface area contributed by atoms with Crippen LogP contribution in [0.5, 0.6) is 5.75 Å². The van der Waals surface area contributed by atoms with Crippen LogP contribution in [0.1, 0.15) is 36.8 Å². The molecule has 1 aliphatic rings. The highest BCUT2D eigenvalue weighted by molar-refractivity contribution is 6.30. The summed E-state index contributed by atoms with van der Waals surface area (Å²) in [6.45, 7) is 3.94. The molecule has 0 saturated heterocycles. The van der Waals surface area contributed by atoms with Crippen LogP contribution in [0.4, 0.5) is 0 Å². The molecule has 0 aliphatic heterocycles. The molecule has 0 unspecified atom stereocenters. The van der Waals surface area contributed by atoms with Crippen molar-refractivity contribution in [2.45, 2.75) is 45.6 Å². The van der Waals surface area contributed by atoms with Crippen molar-refractivity contribution in [3.63, 3.8) is 0 Å². The van der Waals surface area contributed by atoms with Crippen molar-refractivity contribution in [1.82, 2.24) is 5.32 Å². The molecular formula is C15H20ClNO2. The fourth-order valence-electron chi connectivity index (χ4n) is 2.60. The zero-order valence-corrected chi connectivity index (χ0v) is 12.2. The maximum absolute atomic E-state index is 11.8. The van der Waals surface area contributed by atoms with Gasteiger partial charge in [-0.05, 0) is 49.9 Å². The smallest absolute Gasteiger partial charge is 0.258 e. The van der Waals surface area contributed by atoms with E-state index in [1.165, 1.54) is 12.8 Å². The van der Waals surface area contributed by atoms with Gasteiger partial charge in [0.1, 0.15) is 5.75 Å². The van der Waals surface area contributed by atoms with Crippen LogP contribution in [0.3, 0.4) is 0 Å². The number of carbonyl (C=O) groups is 1. The Morgan fingerprint density at radius 1 is 1.32 bits per heavy atom. The van der Waals surface area contributed by atoms with Crippen LogP contribution in [0.25, 0.3) is 0 Å². The average molecular weight is 282 g/mol. The molecule has 1 aromatic carbocycles. The molecule has 2 rings (SSSR count). The van der Waals surface area contributed by atoms with Crippen LogP contribution in [-0.4, -0.2) is 18.6 Å². The van der Waals surface area contributed by atoms with Crippen molar-refractivity contribution in [1.29, 1.82) is 0 Å². The van der Waals surface area contributed by atoms with Crippen molar-refractivity contribution < 1.29 is 9.53 Å². The van der Waals surface area contributed by atoms with Crippen molar-refractivity contribution in [2.75, 3.05) is 6.61 Å². The van der Waals surface area contributed by atoms with Crippen molar-refractivity contribution in [3.8, 4) is 5.75 Å². The standard InChI is InChI=1S/C15H20ClNO2/c1-10-7-12(16)8-11(2)15(10)19-9-14(18)17-13-5-3-4-6-13/h7-8,13H,3-6,9H2,1-2H3,(H,17,18). The molecular weight excluding hydrogens is 262 g/mol. The Morgan fingerprint density at radius 2 is 1.89 bits per heavy atom. The van der Waals surface area contributed by atoms with E-state index in [9.17, 15) is 4.79 Å². The molecule has 1 N–H and O–H groups in total. The highest BCUT2D eigenvalue weighted by Crippen LogP contribution is 2.27. The number of carbonyl (C=O) groups excluding carboxylic acids is 1. The van der Waals surface area contributed by atoms with E-state index in [4.69, 9.17) is 16.3 Å². The van der Waals surface area contributed by atoms with Crippen LogP contribution in [0, 0.1) is 13.8 Å². The third-order valence-electron chi connectivity index (χ3n) is 3.49. The summed E-state index contributed by atoms with van der Waals surface area (Å²) in [4.78, 5) is 11.8. The van der Waals surface area contributed by atoms with E-state index < -0.39 is 0 Å². The van der Waals surface area contributed by atoms with Gasteiger partial charge in [-0.15, -0.1) is 0 Å². The van der Waals surface area contributed by atoms with Gasteiger partial charge in [0.25, 0.3) is 5.91 Å². The third-order valence-corrected chi connectivity index (χ3v) is 3.71. The number of aryl methyl sites for hydroxylation is 2. The monoisotopic (exact) mass is 281 g/mol. The van der Waals surface area contributed by atoms with Crippen LogP contribution in [0.2, 0.25) is 5.02 Å². The largest absolute Gasteiger partial charge is 0.483 e. The van der Waals surface area contributed by atoms with Crippen molar-refractivity contribution in [2.24, 2.45) is 0 Å². The van der Waals surface area contributed by atoms with E-state index in [0.29, 0.717) is 11.1 Å². The second kappa shape index (κ2) is 6.29. The Morgan fingerprint density at radius 3 is 2.47 bits per heavy atom. The predicted octanol–water partition coefficient (Wildman–Crippen LogP) is 3.39. The summed E-state index contributed by atoms with van der Waals surface area (Å²) in [6.07, 6.45) is 4.60. The van der Waals surface area contributed by atoms with Crippen LogP contribution >= 0.6 is 11.6 Å². The first-order valence-electron chi connectivity index (χ1n) is 6.75. The summed E-state index contributed by atoms with van der Waals surface area (Å²) in [5.41, 5.74) is 1.91. The van der Waals surface area contributed by atoms with Crippen LogP contribution in [0.15, 0.2) is 12.1 Å². The molecule has 1 saturated carbocycles. The lowest BCUT2D eigenvalue weighted by Crippen LogP contribution is -2.36. The van der Waals surface area contributed by atoms with E-state index >= 15 is 0 Å². The molecule has 1 fully saturated rings. The van der Waals surface area contributed by atoms with Crippen LogP contribution < -0.4 is 10.1 Å². The molecule has 0 heterocycles. The van der Waals surface area contributed by atoms with Crippen LogP contribution in [-0.2, 0) is 4.79 Å². The van der Waals surface area contributed by atoms with E-state index in [1.807, 2.05) is 26.0 Å². The first-order chi connectivity index (χ1) is 9.06. The Hall–Kier alpha value is -1.22. The number of amides is 1. The Kier molecular flexibility index (Phi) is 4.70. The fourth-order valence-corrected chi connectivity index (χ4v) is 2.93. The third kappa shape index (κ3) is 3.87. The normalized spacial score (nSPS) is 15.5. The molecule has 1 aliphatic carbocycles. The van der Waals surface area contributed by atoms with E-state index in [2.05, 4.69) is 5.32 Å². The number of halogens is 1. The summed E-state index contributed by atoms with van der Waals surface area (Å²) in [5, 5.41) is 3.70. The predicted molar refractivity (Wildman–Crippen MR) is 76.8 cm³/mol. The van der Waals surface area contributed by atoms with Gasteiger partial charge in [-0.2, -0.15) is 0 Å². The first-order valence-corrected chi connectivity index (χ1v) is 7.13. The quantitative estimate of drug-likeness (QED) is 0.919. The van der Waals surface area contributed by atoms with Gasteiger partial charge in [0.2, 0.25) is 0 Å². The molecule has 0 bridgehead atoms. The van der Waals surface area contributed by atoms with Gasteiger partial charge in [0.15, 0.2) is 6.61 Å². The summed E-state index contributed by atoms with van der Waals surface area (Å²) in [5.74, 6) is 0.714. The van der Waals surface area contributed by atoms with Gasteiger partial charge < -0.3 is 10.1 Å². The minimum atomic E-state index is -0.0411. The lowest BCUT2D eigenvalue weighted by Gasteiger charge is -2.15.